The van der Waals surface area contributed by atoms with Crippen molar-refractivity contribution in [1.82, 2.24) is 10.6 Å². The van der Waals surface area contributed by atoms with E-state index in [0.717, 1.165) is 5.56 Å². The van der Waals surface area contributed by atoms with Crippen molar-refractivity contribution in [1.29, 1.82) is 0 Å². The van der Waals surface area contributed by atoms with Crippen LogP contribution in [0.5, 0.6) is 5.75 Å². The number of amides is 1. The minimum Gasteiger partial charge on any atom is -0.508 e. The van der Waals surface area contributed by atoms with Crippen LogP contribution in [-0.4, -0.2) is 24.1 Å². The molecular weight excluding hydrogens is 192 g/mol. The van der Waals surface area contributed by atoms with E-state index in [1.165, 1.54) is 0 Å². The number of hydrogen-bond acceptors (Lipinski definition) is 3. The second kappa shape index (κ2) is 5.36. The standard InChI is InChI=1S/C11H16N2O2/c1-8(11(15)12-2)13-7-9-4-3-5-10(14)6-9/h3-6,8,13-14H,7H2,1-2H3,(H,12,15). The first kappa shape index (κ1) is 11.5. The van der Waals surface area contributed by atoms with Crippen LogP contribution in [0.4, 0.5) is 0 Å². The van der Waals surface area contributed by atoms with Gasteiger partial charge in [-0.05, 0) is 24.6 Å². The molecule has 1 atom stereocenters. The van der Waals surface area contributed by atoms with Gasteiger partial charge < -0.3 is 15.7 Å². The predicted molar refractivity (Wildman–Crippen MR) is 58.5 cm³/mol. The van der Waals surface area contributed by atoms with Crippen molar-refractivity contribution in [2.45, 2.75) is 19.5 Å². The number of likely N-dealkylation sites (N-methyl/N-ethyl adjacent to an activating group) is 1. The Hall–Kier alpha value is -1.55. The van der Waals surface area contributed by atoms with Crippen molar-refractivity contribution in [3.05, 3.63) is 29.8 Å². The molecule has 0 aromatic heterocycles. The molecule has 0 aliphatic carbocycles. The van der Waals surface area contributed by atoms with Gasteiger partial charge in [0.25, 0.3) is 0 Å². The molecule has 1 aromatic rings. The third kappa shape index (κ3) is 3.59. The fourth-order valence-corrected chi connectivity index (χ4v) is 1.25. The molecule has 15 heavy (non-hydrogen) atoms. The zero-order valence-corrected chi connectivity index (χ0v) is 8.95. The highest BCUT2D eigenvalue weighted by atomic mass is 16.3. The van der Waals surface area contributed by atoms with Crippen LogP contribution in [-0.2, 0) is 11.3 Å². The number of benzene rings is 1. The number of phenols is 1. The Bertz CT molecular complexity index is 339. The Kier molecular flexibility index (Phi) is 4.12. The molecule has 82 valence electrons. The maximum Gasteiger partial charge on any atom is 0.236 e. The van der Waals surface area contributed by atoms with Crippen LogP contribution in [0, 0.1) is 0 Å². The van der Waals surface area contributed by atoms with E-state index in [2.05, 4.69) is 10.6 Å². The summed E-state index contributed by atoms with van der Waals surface area (Å²) in [5.41, 5.74) is 0.950. The normalized spacial score (nSPS) is 12.1. The number of rotatable bonds is 4. The number of carbonyl (C=O) groups excluding carboxylic acids is 1. The summed E-state index contributed by atoms with van der Waals surface area (Å²) in [6.45, 7) is 2.35. The minimum atomic E-state index is -0.239. The fraction of sp³-hybridized carbons (Fsp3) is 0.364. The molecule has 0 bridgehead atoms. The van der Waals surface area contributed by atoms with E-state index < -0.39 is 0 Å². The van der Waals surface area contributed by atoms with Gasteiger partial charge in [0.05, 0.1) is 6.04 Å². The topological polar surface area (TPSA) is 61.4 Å². The quantitative estimate of drug-likeness (QED) is 0.679. The lowest BCUT2D eigenvalue weighted by atomic mass is 10.2. The van der Waals surface area contributed by atoms with E-state index in [9.17, 15) is 9.90 Å². The summed E-state index contributed by atoms with van der Waals surface area (Å²) in [6, 6.07) is 6.72. The Morgan fingerprint density at radius 1 is 1.53 bits per heavy atom. The third-order valence-corrected chi connectivity index (χ3v) is 2.16. The lowest BCUT2D eigenvalue weighted by molar-refractivity contribution is -0.122. The van der Waals surface area contributed by atoms with E-state index in [4.69, 9.17) is 0 Å². The molecule has 0 aliphatic heterocycles. The third-order valence-electron chi connectivity index (χ3n) is 2.16. The molecule has 1 aromatic carbocycles. The highest BCUT2D eigenvalue weighted by Crippen LogP contribution is 2.10. The number of nitrogens with one attached hydrogen (secondary N) is 2. The van der Waals surface area contributed by atoms with Crippen LogP contribution in [0.1, 0.15) is 12.5 Å². The molecule has 0 heterocycles. The summed E-state index contributed by atoms with van der Waals surface area (Å²) in [5.74, 6) is 0.192. The zero-order valence-electron chi connectivity index (χ0n) is 8.95. The molecule has 0 fully saturated rings. The predicted octanol–water partition coefficient (Wildman–Crippen LogP) is 0.616. The first-order valence-electron chi connectivity index (χ1n) is 4.86. The maximum absolute atomic E-state index is 11.2. The van der Waals surface area contributed by atoms with Crippen LogP contribution >= 0.6 is 0 Å². The fourth-order valence-electron chi connectivity index (χ4n) is 1.25. The van der Waals surface area contributed by atoms with Gasteiger partial charge in [-0.2, -0.15) is 0 Å². The van der Waals surface area contributed by atoms with Crippen LogP contribution in [0.3, 0.4) is 0 Å². The molecule has 0 aliphatic rings. The first-order chi connectivity index (χ1) is 7.13. The number of hydrogen-bond donors (Lipinski definition) is 3. The second-order valence-electron chi connectivity index (χ2n) is 3.39. The Balaban J connectivity index is 2.47. The molecule has 1 rings (SSSR count). The van der Waals surface area contributed by atoms with Gasteiger partial charge in [0, 0.05) is 13.6 Å². The zero-order chi connectivity index (χ0) is 11.3. The lowest BCUT2D eigenvalue weighted by Gasteiger charge is -2.12. The first-order valence-corrected chi connectivity index (χ1v) is 4.86. The molecule has 0 saturated heterocycles. The van der Waals surface area contributed by atoms with Gasteiger partial charge >= 0.3 is 0 Å². The lowest BCUT2D eigenvalue weighted by Crippen LogP contribution is -2.40. The number of carbonyl (C=O) groups is 1. The Labute approximate surface area is 89.3 Å². The molecule has 0 saturated carbocycles. The second-order valence-corrected chi connectivity index (χ2v) is 3.39. The highest BCUT2D eigenvalue weighted by molar-refractivity contribution is 5.80. The molecular formula is C11H16N2O2. The van der Waals surface area contributed by atoms with E-state index in [1.807, 2.05) is 6.07 Å². The van der Waals surface area contributed by atoms with Crippen molar-refractivity contribution in [2.24, 2.45) is 0 Å². The van der Waals surface area contributed by atoms with Crippen LogP contribution in [0.25, 0.3) is 0 Å². The van der Waals surface area contributed by atoms with Crippen molar-refractivity contribution >= 4 is 5.91 Å². The molecule has 0 radical (unpaired) electrons. The van der Waals surface area contributed by atoms with Gasteiger partial charge in [-0.15, -0.1) is 0 Å². The largest absolute Gasteiger partial charge is 0.508 e. The van der Waals surface area contributed by atoms with Crippen molar-refractivity contribution in [2.75, 3.05) is 7.05 Å². The van der Waals surface area contributed by atoms with E-state index in [-0.39, 0.29) is 17.7 Å². The maximum atomic E-state index is 11.2. The van der Waals surface area contributed by atoms with Crippen molar-refractivity contribution in [3.8, 4) is 5.75 Å². The molecule has 0 spiro atoms. The Morgan fingerprint density at radius 3 is 2.87 bits per heavy atom. The van der Waals surface area contributed by atoms with Crippen LogP contribution in [0.15, 0.2) is 24.3 Å². The van der Waals surface area contributed by atoms with Gasteiger partial charge in [0.1, 0.15) is 5.75 Å². The monoisotopic (exact) mass is 208 g/mol. The van der Waals surface area contributed by atoms with E-state index in [1.54, 1.807) is 32.2 Å². The highest BCUT2D eigenvalue weighted by Gasteiger charge is 2.09. The summed E-state index contributed by atoms with van der Waals surface area (Å²) in [6.07, 6.45) is 0. The van der Waals surface area contributed by atoms with Crippen molar-refractivity contribution in [3.63, 3.8) is 0 Å². The number of aromatic hydroxyl groups is 1. The SMILES string of the molecule is CNC(=O)C(C)NCc1cccc(O)c1. The average molecular weight is 208 g/mol. The van der Waals surface area contributed by atoms with Crippen molar-refractivity contribution < 1.29 is 9.90 Å². The molecule has 4 heteroatoms. The minimum absolute atomic E-state index is 0.0462. The summed E-state index contributed by atoms with van der Waals surface area (Å²) in [7, 11) is 1.61. The average Bonchev–Trinajstić information content (AvgIpc) is 2.25. The van der Waals surface area contributed by atoms with Crippen LogP contribution in [0.2, 0.25) is 0 Å². The van der Waals surface area contributed by atoms with E-state index >= 15 is 0 Å². The molecule has 4 nitrogen and oxygen atoms in total. The summed E-state index contributed by atoms with van der Waals surface area (Å²) in [5, 5.41) is 14.8. The van der Waals surface area contributed by atoms with Gasteiger partial charge in [0.2, 0.25) is 5.91 Å². The van der Waals surface area contributed by atoms with Gasteiger partial charge in [-0.1, -0.05) is 12.1 Å². The number of phenolic OH excluding ortho intramolecular Hbond substituents is 1. The Morgan fingerprint density at radius 2 is 2.27 bits per heavy atom. The summed E-state index contributed by atoms with van der Waals surface area (Å²) >= 11 is 0. The van der Waals surface area contributed by atoms with Crippen LogP contribution < -0.4 is 10.6 Å². The van der Waals surface area contributed by atoms with Gasteiger partial charge in [-0.25, -0.2) is 0 Å². The summed E-state index contributed by atoms with van der Waals surface area (Å²) in [4.78, 5) is 11.2. The molecule has 1 unspecified atom stereocenters. The van der Waals surface area contributed by atoms with Gasteiger partial charge in [0.15, 0.2) is 0 Å². The molecule has 1 amide bonds. The van der Waals surface area contributed by atoms with E-state index in [0.29, 0.717) is 6.54 Å². The molecule has 3 N–H and O–H groups in total. The van der Waals surface area contributed by atoms with Gasteiger partial charge in [-0.3, -0.25) is 4.79 Å². The smallest absolute Gasteiger partial charge is 0.236 e. The summed E-state index contributed by atoms with van der Waals surface area (Å²) < 4.78 is 0.